The van der Waals surface area contributed by atoms with Crippen molar-refractivity contribution < 1.29 is 23.1 Å². The SMILES string of the molecule is O=P(O)(O)C(F)(F)c1cc2cc(CCl)sc2cc1Br. The Morgan fingerprint density at radius 2 is 2.00 bits per heavy atom. The largest absolute Gasteiger partial charge is 0.399 e. The molecule has 0 spiro atoms. The molecule has 0 aliphatic rings. The Morgan fingerprint density at radius 1 is 1.37 bits per heavy atom. The topological polar surface area (TPSA) is 57.5 Å². The Hall–Kier alpha value is -0.0400. The minimum atomic E-state index is -5.58. The lowest BCUT2D eigenvalue weighted by Gasteiger charge is -2.19. The number of halogens is 4. The van der Waals surface area contributed by atoms with Crippen LogP contribution in [0, 0.1) is 0 Å². The van der Waals surface area contributed by atoms with Crippen LogP contribution in [0.1, 0.15) is 10.4 Å². The molecule has 19 heavy (non-hydrogen) atoms. The van der Waals surface area contributed by atoms with Gasteiger partial charge in [-0.05, 0) is 23.6 Å². The lowest BCUT2D eigenvalue weighted by Crippen LogP contribution is -2.14. The second kappa shape index (κ2) is 5.06. The van der Waals surface area contributed by atoms with E-state index in [1.165, 1.54) is 17.4 Å². The van der Waals surface area contributed by atoms with E-state index in [1.54, 1.807) is 6.07 Å². The summed E-state index contributed by atoms with van der Waals surface area (Å²) in [5.41, 5.74) is -4.96. The van der Waals surface area contributed by atoms with Crippen LogP contribution in [0.25, 0.3) is 10.1 Å². The summed E-state index contributed by atoms with van der Waals surface area (Å²) in [5.74, 6) is 0.251. The fraction of sp³-hybridized carbons (Fsp3) is 0.200. The first-order valence-corrected chi connectivity index (χ1v) is 8.64. The molecule has 0 radical (unpaired) electrons. The van der Waals surface area contributed by atoms with Crippen LogP contribution in [0.3, 0.4) is 0 Å². The van der Waals surface area contributed by atoms with Crippen LogP contribution in [0.4, 0.5) is 8.78 Å². The maximum Gasteiger partial charge on any atom is 0.399 e. The van der Waals surface area contributed by atoms with Gasteiger partial charge in [-0.3, -0.25) is 4.57 Å². The quantitative estimate of drug-likeness (QED) is 0.592. The van der Waals surface area contributed by atoms with Crippen molar-refractivity contribution in [1.29, 1.82) is 0 Å². The zero-order valence-electron chi connectivity index (χ0n) is 9.11. The van der Waals surface area contributed by atoms with Gasteiger partial charge in [-0.15, -0.1) is 22.9 Å². The first-order chi connectivity index (χ1) is 8.66. The molecule has 0 atom stereocenters. The molecule has 0 saturated heterocycles. The Kier molecular flexibility index (Phi) is 4.09. The van der Waals surface area contributed by atoms with E-state index in [1.807, 2.05) is 0 Å². The zero-order valence-corrected chi connectivity index (χ0v) is 13.2. The molecule has 9 heteroatoms. The molecule has 0 fully saturated rings. The lowest BCUT2D eigenvalue weighted by molar-refractivity contribution is 0.0559. The van der Waals surface area contributed by atoms with Crippen molar-refractivity contribution in [1.82, 2.24) is 0 Å². The predicted molar refractivity (Wildman–Crippen MR) is 75.0 cm³/mol. The normalized spacial score (nSPS) is 13.2. The fourth-order valence-electron chi connectivity index (χ4n) is 1.57. The van der Waals surface area contributed by atoms with Gasteiger partial charge in [-0.1, -0.05) is 15.9 Å². The van der Waals surface area contributed by atoms with Crippen LogP contribution in [-0.4, -0.2) is 9.79 Å². The molecule has 0 unspecified atom stereocenters. The maximum atomic E-state index is 13.7. The standard InChI is InChI=1S/C10H7BrClF2O3PS/c11-8-3-9-5(1-6(4-12)19-9)2-7(8)10(13,14)18(15,16)17/h1-3H,4H2,(H2,15,16,17). The summed E-state index contributed by atoms with van der Waals surface area (Å²) < 4.78 is 39.0. The minimum Gasteiger partial charge on any atom is -0.320 e. The number of hydrogen-bond donors (Lipinski definition) is 2. The number of hydrogen-bond acceptors (Lipinski definition) is 2. The van der Waals surface area contributed by atoms with E-state index in [4.69, 9.17) is 21.4 Å². The summed E-state index contributed by atoms with van der Waals surface area (Å²) in [6.07, 6.45) is 0. The number of alkyl halides is 3. The van der Waals surface area contributed by atoms with E-state index >= 15 is 0 Å². The number of rotatable bonds is 3. The van der Waals surface area contributed by atoms with E-state index in [0.29, 0.717) is 10.1 Å². The lowest BCUT2D eigenvalue weighted by atomic mass is 10.1. The molecule has 104 valence electrons. The molecule has 2 rings (SSSR count). The smallest absolute Gasteiger partial charge is 0.320 e. The highest BCUT2D eigenvalue weighted by atomic mass is 79.9. The van der Waals surface area contributed by atoms with E-state index < -0.39 is 18.8 Å². The predicted octanol–water partition coefficient (Wildman–Crippen LogP) is 4.63. The highest BCUT2D eigenvalue weighted by Crippen LogP contribution is 2.60. The van der Waals surface area contributed by atoms with Gasteiger partial charge in [0.25, 0.3) is 0 Å². The molecule has 1 aromatic heterocycles. The van der Waals surface area contributed by atoms with Gasteiger partial charge in [0.2, 0.25) is 0 Å². The monoisotopic (exact) mass is 390 g/mol. The van der Waals surface area contributed by atoms with Crippen molar-refractivity contribution in [3.63, 3.8) is 0 Å². The van der Waals surface area contributed by atoms with Crippen molar-refractivity contribution in [3.8, 4) is 0 Å². The summed E-state index contributed by atoms with van der Waals surface area (Å²) in [7, 11) is -5.58. The van der Waals surface area contributed by atoms with Crippen LogP contribution in [-0.2, 0) is 16.1 Å². The highest BCUT2D eigenvalue weighted by molar-refractivity contribution is 9.10. The maximum absolute atomic E-state index is 13.7. The van der Waals surface area contributed by atoms with Crippen molar-refractivity contribution in [2.24, 2.45) is 0 Å². The van der Waals surface area contributed by atoms with Crippen molar-refractivity contribution in [2.75, 3.05) is 0 Å². The average molecular weight is 392 g/mol. The van der Waals surface area contributed by atoms with E-state index in [2.05, 4.69) is 15.9 Å². The Labute approximate surface area is 124 Å². The van der Waals surface area contributed by atoms with E-state index in [-0.39, 0.29) is 10.4 Å². The molecule has 1 aromatic carbocycles. The first-order valence-electron chi connectivity index (χ1n) is 4.88. The van der Waals surface area contributed by atoms with Gasteiger partial charge in [-0.2, -0.15) is 8.78 Å². The van der Waals surface area contributed by atoms with Gasteiger partial charge in [0.15, 0.2) is 0 Å². The Morgan fingerprint density at radius 3 is 2.53 bits per heavy atom. The van der Waals surface area contributed by atoms with Gasteiger partial charge in [0.1, 0.15) is 0 Å². The van der Waals surface area contributed by atoms with Gasteiger partial charge in [0.05, 0.1) is 5.88 Å². The van der Waals surface area contributed by atoms with E-state index in [0.717, 1.165) is 10.9 Å². The highest BCUT2D eigenvalue weighted by Gasteiger charge is 2.51. The van der Waals surface area contributed by atoms with Crippen LogP contribution in [0.15, 0.2) is 22.7 Å². The summed E-state index contributed by atoms with van der Waals surface area (Å²) in [6.45, 7) is 0. The molecule has 2 aromatic rings. The van der Waals surface area contributed by atoms with Crippen LogP contribution < -0.4 is 0 Å². The zero-order chi connectivity index (χ0) is 14.4. The number of thiophene rings is 1. The van der Waals surface area contributed by atoms with Crippen molar-refractivity contribution in [2.45, 2.75) is 11.5 Å². The first kappa shape index (κ1) is 15.4. The number of fused-ring (bicyclic) bond motifs is 1. The molecule has 0 saturated carbocycles. The third-order valence-electron chi connectivity index (χ3n) is 2.48. The third kappa shape index (κ3) is 2.73. The van der Waals surface area contributed by atoms with Gasteiger partial charge >= 0.3 is 13.3 Å². The second-order valence-electron chi connectivity index (χ2n) is 3.80. The molecule has 0 aliphatic carbocycles. The molecule has 2 N–H and O–H groups in total. The summed E-state index contributed by atoms with van der Waals surface area (Å²) in [4.78, 5) is 18.3. The van der Waals surface area contributed by atoms with Gasteiger partial charge in [0, 0.05) is 19.6 Å². The Bertz CT molecular complexity index is 685. The molecule has 1 heterocycles. The molecular formula is C10H7BrClF2O3PS. The summed E-state index contributed by atoms with van der Waals surface area (Å²) >= 11 is 9.93. The van der Waals surface area contributed by atoms with Crippen molar-refractivity contribution in [3.05, 3.63) is 33.1 Å². The molecule has 0 bridgehead atoms. The third-order valence-corrected chi connectivity index (χ3v) is 5.65. The van der Waals surface area contributed by atoms with Crippen LogP contribution in [0.2, 0.25) is 0 Å². The van der Waals surface area contributed by atoms with Crippen LogP contribution >= 0.6 is 46.5 Å². The summed E-state index contributed by atoms with van der Waals surface area (Å²) in [5, 5.41) is 0.479. The summed E-state index contributed by atoms with van der Waals surface area (Å²) in [6, 6.07) is 4.11. The number of benzene rings is 1. The van der Waals surface area contributed by atoms with Gasteiger partial charge < -0.3 is 9.79 Å². The molecule has 0 amide bonds. The second-order valence-corrected chi connectivity index (χ2v) is 7.74. The van der Waals surface area contributed by atoms with Crippen molar-refractivity contribution >= 4 is 56.5 Å². The molecular weight excluding hydrogens is 385 g/mol. The van der Waals surface area contributed by atoms with E-state index in [9.17, 15) is 13.3 Å². The Balaban J connectivity index is 2.68. The van der Waals surface area contributed by atoms with Gasteiger partial charge in [-0.25, -0.2) is 0 Å². The van der Waals surface area contributed by atoms with Crippen LogP contribution in [0.5, 0.6) is 0 Å². The fourth-order valence-corrected chi connectivity index (χ4v) is 4.14. The molecule has 3 nitrogen and oxygen atoms in total. The molecule has 0 aliphatic heterocycles. The average Bonchev–Trinajstić information content (AvgIpc) is 2.68. The minimum absolute atomic E-state index is 0.0451.